The molecule has 0 unspecified atom stereocenters. The molecular formula is C15H27O3PS. The van der Waals surface area contributed by atoms with E-state index in [0.29, 0.717) is 6.42 Å². The highest BCUT2D eigenvalue weighted by molar-refractivity contribution is 7.51. The zero-order valence-electron chi connectivity index (χ0n) is 12.2. The molecule has 0 aromatic carbocycles. The third kappa shape index (κ3) is 10.6. The van der Waals surface area contributed by atoms with Crippen LogP contribution in [-0.2, 0) is 11.0 Å². The van der Waals surface area contributed by atoms with Crippen molar-refractivity contribution >= 4 is 18.9 Å². The predicted molar refractivity (Wildman–Crippen MR) is 86.5 cm³/mol. The highest BCUT2D eigenvalue weighted by Crippen LogP contribution is 2.35. The van der Waals surface area contributed by atoms with E-state index in [1.54, 1.807) is 11.3 Å². The summed E-state index contributed by atoms with van der Waals surface area (Å²) >= 11 is 1.77. The van der Waals surface area contributed by atoms with Crippen molar-refractivity contribution in [1.82, 2.24) is 0 Å². The number of hydrogen-bond acceptors (Lipinski definition) is 2. The highest BCUT2D eigenvalue weighted by Gasteiger charge is 2.10. The minimum atomic E-state index is -3.76. The first kappa shape index (κ1) is 17.9. The fourth-order valence-electron chi connectivity index (χ4n) is 2.32. The lowest BCUT2D eigenvalue weighted by Gasteiger charge is -2.04. The first-order chi connectivity index (χ1) is 9.58. The summed E-state index contributed by atoms with van der Waals surface area (Å²) in [4.78, 5) is 17.4. The molecule has 1 aromatic heterocycles. The standard InChI is InChI=1S/C15H27O3PS/c16-19(17,18)12-9-7-5-3-1-2-4-6-8-10-15-11-13-20-14-15/h11,13-14H,1-10,12H2,(H2,16,17,18). The molecule has 0 saturated carbocycles. The molecule has 0 fully saturated rings. The third-order valence-electron chi connectivity index (χ3n) is 3.49. The molecule has 0 bridgehead atoms. The van der Waals surface area contributed by atoms with Crippen LogP contribution in [0.3, 0.4) is 0 Å². The van der Waals surface area contributed by atoms with Gasteiger partial charge in [0.25, 0.3) is 0 Å². The van der Waals surface area contributed by atoms with Gasteiger partial charge in [0.05, 0.1) is 0 Å². The van der Waals surface area contributed by atoms with Crippen molar-refractivity contribution in [2.24, 2.45) is 0 Å². The molecule has 0 amide bonds. The van der Waals surface area contributed by atoms with Crippen LogP contribution in [0.1, 0.15) is 63.4 Å². The number of aryl methyl sites for hydroxylation is 1. The van der Waals surface area contributed by atoms with Gasteiger partial charge in [-0.1, -0.05) is 44.9 Å². The largest absolute Gasteiger partial charge is 0.325 e. The van der Waals surface area contributed by atoms with Gasteiger partial charge in [-0.3, -0.25) is 4.57 Å². The molecular weight excluding hydrogens is 291 g/mol. The van der Waals surface area contributed by atoms with Gasteiger partial charge in [-0.05, 0) is 41.7 Å². The van der Waals surface area contributed by atoms with Gasteiger partial charge in [0.15, 0.2) is 0 Å². The average Bonchev–Trinajstić information content (AvgIpc) is 2.87. The number of thiophene rings is 1. The molecule has 5 heteroatoms. The van der Waals surface area contributed by atoms with Gasteiger partial charge in [0, 0.05) is 6.16 Å². The van der Waals surface area contributed by atoms with Crippen molar-refractivity contribution < 1.29 is 14.4 Å². The van der Waals surface area contributed by atoms with Gasteiger partial charge < -0.3 is 9.79 Å². The van der Waals surface area contributed by atoms with E-state index >= 15 is 0 Å². The van der Waals surface area contributed by atoms with Gasteiger partial charge in [-0.2, -0.15) is 11.3 Å². The van der Waals surface area contributed by atoms with Crippen molar-refractivity contribution in [2.45, 2.75) is 64.2 Å². The van der Waals surface area contributed by atoms with Crippen LogP contribution in [0.15, 0.2) is 16.8 Å². The molecule has 0 aliphatic heterocycles. The summed E-state index contributed by atoms with van der Waals surface area (Å²) in [6, 6.07) is 2.21. The van der Waals surface area contributed by atoms with Crippen LogP contribution < -0.4 is 0 Å². The van der Waals surface area contributed by atoms with Crippen LogP contribution in [0, 0.1) is 0 Å². The van der Waals surface area contributed by atoms with Crippen molar-refractivity contribution in [3.8, 4) is 0 Å². The molecule has 3 nitrogen and oxygen atoms in total. The number of unbranched alkanes of at least 4 members (excludes halogenated alkanes) is 8. The zero-order chi connectivity index (χ0) is 14.7. The van der Waals surface area contributed by atoms with Gasteiger partial charge >= 0.3 is 7.60 Å². The van der Waals surface area contributed by atoms with Gasteiger partial charge in [0.2, 0.25) is 0 Å². The molecule has 2 N–H and O–H groups in total. The Morgan fingerprint density at radius 1 is 0.900 bits per heavy atom. The molecule has 1 heterocycles. The molecule has 0 saturated heterocycles. The minimum Gasteiger partial charge on any atom is -0.324 e. The van der Waals surface area contributed by atoms with Crippen LogP contribution in [0.5, 0.6) is 0 Å². The molecule has 0 atom stereocenters. The van der Waals surface area contributed by atoms with E-state index in [2.05, 4.69) is 16.8 Å². The van der Waals surface area contributed by atoms with Crippen LogP contribution in [0.25, 0.3) is 0 Å². The Kier molecular flexibility index (Phi) is 9.45. The molecule has 0 radical (unpaired) electrons. The van der Waals surface area contributed by atoms with E-state index in [0.717, 1.165) is 12.8 Å². The van der Waals surface area contributed by atoms with Crippen molar-refractivity contribution in [1.29, 1.82) is 0 Å². The second-order valence-corrected chi connectivity index (χ2v) is 8.01. The highest BCUT2D eigenvalue weighted by atomic mass is 32.1. The molecule has 0 aliphatic rings. The quantitative estimate of drug-likeness (QED) is 0.422. The SMILES string of the molecule is O=P(O)(O)CCCCCCCCCCCc1ccsc1. The smallest absolute Gasteiger partial charge is 0.324 e. The van der Waals surface area contributed by atoms with Crippen LogP contribution in [-0.4, -0.2) is 15.9 Å². The van der Waals surface area contributed by atoms with Crippen LogP contribution in [0.2, 0.25) is 0 Å². The number of rotatable bonds is 12. The zero-order valence-corrected chi connectivity index (χ0v) is 13.9. The van der Waals surface area contributed by atoms with E-state index in [4.69, 9.17) is 9.79 Å². The molecule has 1 rings (SSSR count). The Bertz CT molecular complexity index is 372. The van der Waals surface area contributed by atoms with Gasteiger partial charge in [-0.25, -0.2) is 0 Å². The summed E-state index contributed by atoms with van der Waals surface area (Å²) in [6.45, 7) is 0. The Labute approximate surface area is 126 Å². The van der Waals surface area contributed by atoms with Gasteiger partial charge in [-0.15, -0.1) is 0 Å². The first-order valence-electron chi connectivity index (χ1n) is 7.63. The lowest BCUT2D eigenvalue weighted by atomic mass is 10.1. The van der Waals surface area contributed by atoms with E-state index in [-0.39, 0.29) is 6.16 Å². The summed E-state index contributed by atoms with van der Waals surface area (Å²) in [5, 5.41) is 4.37. The maximum atomic E-state index is 10.6. The molecule has 0 aliphatic carbocycles. The number of hydrogen-bond donors (Lipinski definition) is 2. The molecule has 1 aromatic rings. The molecule has 0 spiro atoms. The maximum absolute atomic E-state index is 10.6. The van der Waals surface area contributed by atoms with Crippen LogP contribution >= 0.6 is 18.9 Å². The average molecular weight is 318 g/mol. The van der Waals surface area contributed by atoms with Crippen molar-refractivity contribution in [3.63, 3.8) is 0 Å². The van der Waals surface area contributed by atoms with Crippen molar-refractivity contribution in [2.75, 3.05) is 6.16 Å². The maximum Gasteiger partial charge on any atom is 0.325 e. The Balaban J connectivity index is 1.78. The Morgan fingerprint density at radius 3 is 1.95 bits per heavy atom. The fourth-order valence-corrected chi connectivity index (χ4v) is 3.66. The second-order valence-electron chi connectivity index (χ2n) is 5.45. The summed E-state index contributed by atoms with van der Waals surface area (Å²) in [5.74, 6) is 0. The second kappa shape index (κ2) is 10.6. The third-order valence-corrected chi connectivity index (χ3v) is 5.13. The fraction of sp³-hybridized carbons (Fsp3) is 0.733. The summed E-state index contributed by atoms with van der Waals surface area (Å²) in [5.41, 5.74) is 1.47. The van der Waals surface area contributed by atoms with E-state index in [1.807, 2.05) is 0 Å². The lowest BCUT2D eigenvalue weighted by molar-refractivity contribution is 0.370. The molecule has 116 valence electrons. The monoisotopic (exact) mass is 318 g/mol. The summed E-state index contributed by atoms with van der Waals surface area (Å²) < 4.78 is 10.6. The van der Waals surface area contributed by atoms with Gasteiger partial charge in [0.1, 0.15) is 0 Å². The molecule has 20 heavy (non-hydrogen) atoms. The minimum absolute atomic E-state index is 0.0512. The van der Waals surface area contributed by atoms with E-state index < -0.39 is 7.60 Å². The predicted octanol–water partition coefficient (Wildman–Crippen LogP) is 4.98. The normalized spacial score (nSPS) is 11.9. The van der Waals surface area contributed by atoms with E-state index in [1.165, 1.54) is 50.5 Å². The van der Waals surface area contributed by atoms with E-state index in [9.17, 15) is 4.57 Å². The first-order valence-corrected chi connectivity index (χ1v) is 10.4. The van der Waals surface area contributed by atoms with Crippen LogP contribution in [0.4, 0.5) is 0 Å². The topological polar surface area (TPSA) is 57.5 Å². The summed E-state index contributed by atoms with van der Waals surface area (Å²) in [7, 11) is -3.76. The van der Waals surface area contributed by atoms with Crippen molar-refractivity contribution in [3.05, 3.63) is 22.4 Å². The lowest BCUT2D eigenvalue weighted by Crippen LogP contribution is -1.88. The Hall–Kier alpha value is -0.150. The summed E-state index contributed by atoms with van der Waals surface area (Å²) in [6.07, 6.45) is 11.6. The Morgan fingerprint density at radius 2 is 1.45 bits per heavy atom.